The van der Waals surface area contributed by atoms with E-state index in [1.165, 1.54) is 5.56 Å². The minimum absolute atomic E-state index is 0.0235. The molecule has 1 aromatic rings. The number of nitrogens with one attached hydrogen (secondary N) is 2. The third-order valence-corrected chi connectivity index (χ3v) is 4.33. The summed E-state index contributed by atoms with van der Waals surface area (Å²) in [7, 11) is 0. The maximum atomic E-state index is 12.2. The Morgan fingerprint density at radius 2 is 2.09 bits per heavy atom. The molecule has 2 N–H and O–H groups in total. The lowest BCUT2D eigenvalue weighted by molar-refractivity contribution is -0.135. The monoisotopic (exact) mass is 304 g/mol. The third kappa shape index (κ3) is 3.85. The number of benzene rings is 1. The summed E-state index contributed by atoms with van der Waals surface area (Å²) in [5.74, 6) is 0.293. The zero-order valence-electron chi connectivity index (χ0n) is 12.8. The van der Waals surface area contributed by atoms with Crippen molar-refractivity contribution in [3.8, 4) is 0 Å². The quantitative estimate of drug-likeness (QED) is 0.879. The minimum atomic E-state index is -0.367. The molecule has 0 aliphatic carbocycles. The molecule has 3 unspecified atom stereocenters. The molecule has 0 radical (unpaired) electrons. The molecule has 0 saturated carbocycles. The summed E-state index contributed by atoms with van der Waals surface area (Å²) in [5, 5.41) is 6.22. The highest BCUT2D eigenvalue weighted by Crippen LogP contribution is 2.33. The van der Waals surface area contributed by atoms with E-state index in [0.717, 1.165) is 26.0 Å². The number of hydrogen-bond donors (Lipinski definition) is 2. The summed E-state index contributed by atoms with van der Waals surface area (Å²) in [6, 6.07) is 10.3. The molecule has 22 heavy (non-hydrogen) atoms. The molecule has 5 heteroatoms. The van der Waals surface area contributed by atoms with Gasteiger partial charge in [-0.2, -0.15) is 0 Å². The highest BCUT2D eigenvalue weighted by molar-refractivity contribution is 5.81. The van der Waals surface area contributed by atoms with Crippen molar-refractivity contribution < 1.29 is 14.3 Å². The Labute approximate surface area is 131 Å². The van der Waals surface area contributed by atoms with E-state index in [1.54, 1.807) is 0 Å². The van der Waals surface area contributed by atoms with Crippen LogP contribution in [0.15, 0.2) is 30.3 Å². The van der Waals surface area contributed by atoms with E-state index in [2.05, 4.69) is 22.8 Å². The Balaban J connectivity index is 1.56. The van der Waals surface area contributed by atoms with Gasteiger partial charge in [-0.15, -0.1) is 0 Å². The fraction of sp³-hybridized carbons (Fsp3) is 0.588. The second-order valence-electron chi connectivity index (χ2n) is 5.91. The van der Waals surface area contributed by atoms with Gasteiger partial charge in [-0.1, -0.05) is 30.3 Å². The van der Waals surface area contributed by atoms with Gasteiger partial charge in [0.2, 0.25) is 5.91 Å². The van der Waals surface area contributed by atoms with E-state index in [-0.39, 0.29) is 18.1 Å². The molecule has 2 heterocycles. The average molecular weight is 304 g/mol. The Hall–Kier alpha value is -1.43. The van der Waals surface area contributed by atoms with Gasteiger partial charge in [-0.25, -0.2) is 0 Å². The molecular weight excluding hydrogens is 280 g/mol. The Morgan fingerprint density at radius 3 is 2.86 bits per heavy atom. The first-order valence-electron chi connectivity index (χ1n) is 8.11. The van der Waals surface area contributed by atoms with E-state index < -0.39 is 0 Å². The van der Waals surface area contributed by atoms with E-state index in [1.807, 2.05) is 18.2 Å². The summed E-state index contributed by atoms with van der Waals surface area (Å²) < 4.78 is 11.4. The first-order valence-corrected chi connectivity index (χ1v) is 8.11. The lowest BCUT2D eigenvalue weighted by Crippen LogP contribution is -2.49. The van der Waals surface area contributed by atoms with Crippen LogP contribution in [0.4, 0.5) is 0 Å². The van der Waals surface area contributed by atoms with Gasteiger partial charge in [0.05, 0.1) is 12.7 Å². The van der Waals surface area contributed by atoms with Gasteiger partial charge in [0.15, 0.2) is 0 Å². The van der Waals surface area contributed by atoms with Crippen molar-refractivity contribution >= 4 is 5.91 Å². The van der Waals surface area contributed by atoms with Crippen LogP contribution in [0.2, 0.25) is 0 Å². The van der Waals surface area contributed by atoms with Crippen LogP contribution in [0.25, 0.3) is 0 Å². The predicted octanol–water partition coefficient (Wildman–Crippen LogP) is 1.26. The van der Waals surface area contributed by atoms with Gasteiger partial charge in [0.25, 0.3) is 0 Å². The minimum Gasteiger partial charge on any atom is -0.373 e. The first kappa shape index (κ1) is 15.5. The molecule has 0 aromatic heterocycles. The van der Waals surface area contributed by atoms with Crippen LogP contribution in [-0.4, -0.2) is 44.9 Å². The standard InChI is InChI=1S/C17H24N2O3/c20-17(15-12-18-8-10-21-15)19-11-14-7-4-9-22-16(14)13-5-2-1-3-6-13/h1-3,5-6,14-16,18H,4,7-12H2,(H,19,20). The molecule has 2 aliphatic rings. The highest BCUT2D eigenvalue weighted by Gasteiger charge is 2.29. The van der Waals surface area contributed by atoms with Crippen molar-refractivity contribution in [1.29, 1.82) is 0 Å². The second-order valence-corrected chi connectivity index (χ2v) is 5.91. The third-order valence-electron chi connectivity index (χ3n) is 4.33. The molecule has 2 fully saturated rings. The Bertz CT molecular complexity index is 474. The molecule has 2 saturated heterocycles. The van der Waals surface area contributed by atoms with Crippen LogP contribution in [0.1, 0.15) is 24.5 Å². The average Bonchev–Trinajstić information content (AvgIpc) is 2.61. The number of morpholine rings is 1. The number of amides is 1. The fourth-order valence-electron chi connectivity index (χ4n) is 3.14. The van der Waals surface area contributed by atoms with Gasteiger partial charge < -0.3 is 20.1 Å². The largest absolute Gasteiger partial charge is 0.373 e. The lowest BCUT2D eigenvalue weighted by Gasteiger charge is -2.33. The zero-order valence-corrected chi connectivity index (χ0v) is 12.8. The van der Waals surface area contributed by atoms with E-state index in [9.17, 15) is 4.79 Å². The lowest BCUT2D eigenvalue weighted by atomic mass is 9.89. The molecule has 0 bridgehead atoms. The van der Waals surface area contributed by atoms with Crippen molar-refractivity contribution in [2.75, 3.05) is 32.8 Å². The molecule has 1 amide bonds. The molecule has 120 valence electrons. The van der Waals surface area contributed by atoms with Crippen molar-refractivity contribution in [2.24, 2.45) is 5.92 Å². The van der Waals surface area contributed by atoms with E-state index >= 15 is 0 Å². The van der Waals surface area contributed by atoms with Crippen molar-refractivity contribution in [3.63, 3.8) is 0 Å². The fourth-order valence-corrected chi connectivity index (χ4v) is 3.14. The van der Waals surface area contributed by atoms with Gasteiger partial charge >= 0.3 is 0 Å². The normalized spacial score (nSPS) is 29.0. The Kier molecular flexibility index (Phi) is 5.43. The first-order chi connectivity index (χ1) is 10.8. The van der Waals surface area contributed by atoms with Crippen LogP contribution >= 0.6 is 0 Å². The molecule has 2 aliphatic heterocycles. The molecule has 0 spiro atoms. The molecule has 5 nitrogen and oxygen atoms in total. The molecule has 3 rings (SSSR count). The summed E-state index contributed by atoms with van der Waals surface area (Å²) >= 11 is 0. The van der Waals surface area contributed by atoms with Crippen molar-refractivity contribution in [1.82, 2.24) is 10.6 Å². The second kappa shape index (κ2) is 7.72. The topological polar surface area (TPSA) is 59.6 Å². The number of ether oxygens (including phenoxy) is 2. The predicted molar refractivity (Wildman–Crippen MR) is 83.5 cm³/mol. The molecule has 1 aromatic carbocycles. The number of rotatable bonds is 4. The van der Waals surface area contributed by atoms with Crippen LogP contribution in [-0.2, 0) is 14.3 Å². The number of carbonyl (C=O) groups excluding carboxylic acids is 1. The molecular formula is C17H24N2O3. The van der Waals surface area contributed by atoms with E-state index in [4.69, 9.17) is 9.47 Å². The highest BCUT2D eigenvalue weighted by atomic mass is 16.5. The summed E-state index contributed by atoms with van der Waals surface area (Å²) in [6.07, 6.45) is 1.82. The van der Waals surface area contributed by atoms with Crippen molar-refractivity contribution in [2.45, 2.75) is 25.0 Å². The maximum Gasteiger partial charge on any atom is 0.250 e. The summed E-state index contributed by atoms with van der Waals surface area (Å²) in [5.41, 5.74) is 1.19. The van der Waals surface area contributed by atoms with Crippen LogP contribution in [0, 0.1) is 5.92 Å². The van der Waals surface area contributed by atoms with Crippen LogP contribution in [0.5, 0.6) is 0 Å². The molecule has 3 atom stereocenters. The van der Waals surface area contributed by atoms with Crippen LogP contribution in [0.3, 0.4) is 0 Å². The Morgan fingerprint density at radius 1 is 1.23 bits per heavy atom. The maximum absolute atomic E-state index is 12.2. The van der Waals surface area contributed by atoms with Crippen LogP contribution < -0.4 is 10.6 Å². The van der Waals surface area contributed by atoms with Gasteiger partial charge in [0.1, 0.15) is 6.10 Å². The van der Waals surface area contributed by atoms with Gasteiger partial charge in [-0.05, 0) is 18.4 Å². The summed E-state index contributed by atoms with van der Waals surface area (Å²) in [4.78, 5) is 12.2. The van der Waals surface area contributed by atoms with E-state index in [0.29, 0.717) is 25.6 Å². The number of hydrogen-bond acceptors (Lipinski definition) is 4. The zero-order chi connectivity index (χ0) is 15.2. The van der Waals surface area contributed by atoms with Gasteiger partial charge in [-0.3, -0.25) is 4.79 Å². The number of carbonyl (C=O) groups is 1. The SMILES string of the molecule is O=C(NCC1CCCOC1c1ccccc1)C1CNCCO1. The van der Waals surface area contributed by atoms with Gasteiger partial charge in [0, 0.05) is 32.2 Å². The smallest absolute Gasteiger partial charge is 0.250 e. The summed E-state index contributed by atoms with van der Waals surface area (Å²) in [6.45, 7) is 3.43. The van der Waals surface area contributed by atoms with Crippen molar-refractivity contribution in [3.05, 3.63) is 35.9 Å².